The van der Waals surface area contributed by atoms with Crippen molar-refractivity contribution in [3.05, 3.63) is 54.1 Å². The number of rotatable bonds is 12. The molecule has 4 unspecified atom stereocenters. The second-order valence-corrected chi connectivity index (χ2v) is 8.89. The lowest BCUT2D eigenvalue weighted by molar-refractivity contribution is -0.147. The molecule has 0 bridgehead atoms. The summed E-state index contributed by atoms with van der Waals surface area (Å²) in [5, 5.41) is 20.6. The van der Waals surface area contributed by atoms with Crippen LogP contribution >= 0.6 is 0 Å². The molecular formula is C26H33F3O6. The van der Waals surface area contributed by atoms with E-state index in [1.165, 1.54) is 24.3 Å². The molecule has 0 amide bonds. The second-order valence-electron chi connectivity index (χ2n) is 8.89. The van der Waals surface area contributed by atoms with Gasteiger partial charge >= 0.3 is 12.1 Å². The first kappa shape index (κ1) is 28.6. The molecule has 0 radical (unpaired) electrons. The van der Waals surface area contributed by atoms with Crippen LogP contribution in [0.3, 0.4) is 0 Å². The average molecular weight is 499 g/mol. The first-order valence-corrected chi connectivity index (χ1v) is 11.7. The summed E-state index contributed by atoms with van der Waals surface area (Å²) in [6.07, 6.45) is 2.66. The van der Waals surface area contributed by atoms with Crippen molar-refractivity contribution in [3.63, 3.8) is 0 Å². The standard InChI is InChI=1S/C26H33F3O6/c1-17(2)35-25(33)11-6-4-3-5-10-21-22(24(32)15-23(21)31)13-12-19(30)16-34-20-9-7-8-18(14-20)26(27,28)29/h3,5,7-9,12-14,17,21-24,31-32H,4,6,10-11,15-16H2,1-2H3. The van der Waals surface area contributed by atoms with Gasteiger partial charge in [-0.2, -0.15) is 13.2 Å². The number of carbonyl (C=O) groups excluding carboxylic acids is 2. The maximum atomic E-state index is 12.8. The topological polar surface area (TPSA) is 93.1 Å². The smallest absolute Gasteiger partial charge is 0.416 e. The second kappa shape index (κ2) is 13.4. The lowest BCUT2D eigenvalue weighted by atomic mass is 9.89. The fourth-order valence-electron chi connectivity index (χ4n) is 3.95. The number of ketones is 1. The highest BCUT2D eigenvalue weighted by Crippen LogP contribution is 2.36. The summed E-state index contributed by atoms with van der Waals surface area (Å²) in [6, 6.07) is 4.27. The molecule has 9 heteroatoms. The highest BCUT2D eigenvalue weighted by molar-refractivity contribution is 5.91. The number of hydrogen-bond acceptors (Lipinski definition) is 6. The van der Waals surface area contributed by atoms with Crippen molar-refractivity contribution in [1.29, 1.82) is 0 Å². The molecule has 1 saturated carbocycles. The molecule has 0 saturated heterocycles. The summed E-state index contributed by atoms with van der Waals surface area (Å²) in [6.45, 7) is 3.13. The zero-order valence-corrected chi connectivity index (χ0v) is 19.9. The predicted molar refractivity (Wildman–Crippen MR) is 124 cm³/mol. The number of ether oxygens (including phenoxy) is 2. The van der Waals surface area contributed by atoms with Crippen LogP contribution < -0.4 is 4.74 Å². The zero-order valence-electron chi connectivity index (χ0n) is 19.9. The van der Waals surface area contributed by atoms with Crippen LogP contribution in [0.5, 0.6) is 5.75 Å². The van der Waals surface area contributed by atoms with Gasteiger partial charge in [0, 0.05) is 18.8 Å². The van der Waals surface area contributed by atoms with Crippen LogP contribution in [-0.4, -0.2) is 46.9 Å². The Bertz CT molecular complexity index is 893. The maximum absolute atomic E-state index is 12.8. The molecule has 35 heavy (non-hydrogen) atoms. The Labute approximate surface area is 203 Å². The van der Waals surface area contributed by atoms with Crippen LogP contribution in [0.15, 0.2) is 48.6 Å². The molecule has 0 aromatic heterocycles. The van der Waals surface area contributed by atoms with Gasteiger partial charge in [0.2, 0.25) is 0 Å². The van der Waals surface area contributed by atoms with Crippen LogP contribution in [0.25, 0.3) is 0 Å². The summed E-state index contributed by atoms with van der Waals surface area (Å²) in [7, 11) is 0. The van der Waals surface area contributed by atoms with Crippen LogP contribution in [0.1, 0.15) is 51.5 Å². The molecule has 1 aliphatic carbocycles. The number of benzene rings is 1. The number of carbonyl (C=O) groups is 2. The van der Waals surface area contributed by atoms with Gasteiger partial charge in [-0.25, -0.2) is 0 Å². The van der Waals surface area contributed by atoms with E-state index in [2.05, 4.69) is 0 Å². The minimum Gasteiger partial charge on any atom is -0.485 e. The number of aliphatic hydroxyl groups excluding tert-OH is 2. The van der Waals surface area contributed by atoms with Crippen LogP contribution in [-0.2, 0) is 20.5 Å². The molecule has 1 aliphatic rings. The van der Waals surface area contributed by atoms with E-state index in [1.54, 1.807) is 13.8 Å². The summed E-state index contributed by atoms with van der Waals surface area (Å²) in [5.41, 5.74) is -0.868. The Balaban J connectivity index is 1.83. The Morgan fingerprint density at radius 3 is 2.60 bits per heavy atom. The van der Waals surface area contributed by atoms with E-state index >= 15 is 0 Å². The Kier molecular flexibility index (Phi) is 11.0. The van der Waals surface area contributed by atoms with Gasteiger partial charge in [0.15, 0.2) is 12.4 Å². The van der Waals surface area contributed by atoms with Crippen molar-refractivity contribution in [2.45, 2.75) is 70.4 Å². The molecule has 194 valence electrons. The fraction of sp³-hybridized carbons (Fsp3) is 0.538. The van der Waals surface area contributed by atoms with E-state index in [1.807, 2.05) is 12.2 Å². The van der Waals surface area contributed by atoms with Gasteiger partial charge in [-0.3, -0.25) is 9.59 Å². The van der Waals surface area contributed by atoms with Gasteiger partial charge in [-0.1, -0.05) is 24.3 Å². The third-order valence-corrected chi connectivity index (χ3v) is 5.66. The molecule has 1 aromatic rings. The molecule has 0 heterocycles. The van der Waals surface area contributed by atoms with Gasteiger partial charge in [0.05, 0.1) is 23.9 Å². The monoisotopic (exact) mass is 498 g/mol. The molecule has 0 aliphatic heterocycles. The highest BCUT2D eigenvalue weighted by atomic mass is 19.4. The van der Waals surface area contributed by atoms with Gasteiger partial charge in [0.25, 0.3) is 0 Å². The summed E-state index contributed by atoms with van der Waals surface area (Å²) < 4.78 is 48.6. The molecule has 6 nitrogen and oxygen atoms in total. The van der Waals surface area contributed by atoms with Crippen molar-refractivity contribution >= 4 is 11.8 Å². The molecule has 1 fully saturated rings. The van der Waals surface area contributed by atoms with Crippen LogP contribution in [0, 0.1) is 11.8 Å². The third kappa shape index (κ3) is 9.85. The van der Waals surface area contributed by atoms with Gasteiger partial charge in [-0.05, 0) is 63.3 Å². The SMILES string of the molecule is CC(C)OC(=O)CCCC=CCC1C(O)CC(O)C1C=CC(=O)COc1cccc(C(F)(F)F)c1. The van der Waals surface area contributed by atoms with E-state index in [0.29, 0.717) is 25.7 Å². The minimum absolute atomic E-state index is 0.0709. The average Bonchev–Trinajstić information content (AvgIpc) is 3.04. The van der Waals surface area contributed by atoms with Gasteiger partial charge in [-0.15, -0.1) is 0 Å². The van der Waals surface area contributed by atoms with Crippen molar-refractivity contribution in [3.8, 4) is 5.75 Å². The van der Waals surface area contributed by atoms with E-state index < -0.39 is 42.3 Å². The molecule has 4 atom stereocenters. The number of allylic oxidation sites excluding steroid dienone is 2. The van der Waals surface area contributed by atoms with Crippen LogP contribution in [0.4, 0.5) is 13.2 Å². The molecule has 2 rings (SSSR count). The molecule has 2 N–H and O–H groups in total. The van der Waals surface area contributed by atoms with Gasteiger partial charge < -0.3 is 19.7 Å². The van der Waals surface area contributed by atoms with Crippen LogP contribution in [0.2, 0.25) is 0 Å². The number of hydrogen-bond donors (Lipinski definition) is 2. The van der Waals surface area contributed by atoms with E-state index in [0.717, 1.165) is 12.1 Å². The number of alkyl halides is 3. The fourth-order valence-corrected chi connectivity index (χ4v) is 3.95. The quantitative estimate of drug-likeness (QED) is 0.189. The first-order chi connectivity index (χ1) is 16.5. The minimum atomic E-state index is -4.51. The Morgan fingerprint density at radius 2 is 1.91 bits per heavy atom. The summed E-state index contributed by atoms with van der Waals surface area (Å²) in [5.74, 6) is -1.53. The lowest BCUT2D eigenvalue weighted by Crippen LogP contribution is -2.20. The molecule has 0 spiro atoms. The Morgan fingerprint density at radius 1 is 1.17 bits per heavy atom. The van der Waals surface area contributed by atoms with Crippen molar-refractivity contribution in [1.82, 2.24) is 0 Å². The third-order valence-electron chi connectivity index (χ3n) is 5.66. The first-order valence-electron chi connectivity index (χ1n) is 11.7. The predicted octanol–water partition coefficient (Wildman–Crippen LogP) is 4.64. The number of aliphatic hydroxyl groups is 2. The van der Waals surface area contributed by atoms with Gasteiger partial charge in [0.1, 0.15) is 5.75 Å². The molecule has 1 aromatic carbocycles. The lowest BCUT2D eigenvalue weighted by Gasteiger charge is -2.19. The summed E-state index contributed by atoms with van der Waals surface area (Å²) in [4.78, 5) is 23.7. The van der Waals surface area contributed by atoms with Crippen molar-refractivity contribution in [2.24, 2.45) is 11.8 Å². The Hall–Kier alpha value is -2.65. The maximum Gasteiger partial charge on any atom is 0.416 e. The van der Waals surface area contributed by atoms with E-state index in [4.69, 9.17) is 9.47 Å². The van der Waals surface area contributed by atoms with Crippen molar-refractivity contribution < 1.29 is 42.4 Å². The van der Waals surface area contributed by atoms with Crippen molar-refractivity contribution in [2.75, 3.05) is 6.61 Å². The van der Waals surface area contributed by atoms with E-state index in [-0.39, 0.29) is 30.2 Å². The number of esters is 1. The molecular weight excluding hydrogens is 465 g/mol. The number of unbranched alkanes of at least 4 members (excludes halogenated alkanes) is 1. The highest BCUT2D eigenvalue weighted by Gasteiger charge is 2.39. The number of halogens is 3. The largest absolute Gasteiger partial charge is 0.485 e. The van der Waals surface area contributed by atoms with E-state index in [9.17, 15) is 33.0 Å². The normalized spacial score (nSPS) is 22.9. The summed E-state index contributed by atoms with van der Waals surface area (Å²) >= 11 is 0. The zero-order chi connectivity index (χ0) is 26.0.